The minimum absolute atomic E-state index is 0.0108. The molecular weight excluding hydrogens is 380 g/mol. The summed E-state index contributed by atoms with van der Waals surface area (Å²) in [5.41, 5.74) is -0.209. The highest BCUT2D eigenvalue weighted by molar-refractivity contribution is 7.89. The van der Waals surface area contributed by atoms with E-state index in [-0.39, 0.29) is 24.7 Å². The zero-order valence-corrected chi connectivity index (χ0v) is 15.4. The maximum atomic E-state index is 13.4. The number of sulfonamides is 1. The van der Waals surface area contributed by atoms with Crippen molar-refractivity contribution in [1.29, 1.82) is 5.26 Å². The lowest BCUT2D eigenvalue weighted by molar-refractivity contribution is 0.146. The maximum Gasteiger partial charge on any atom is 0.268 e. The van der Waals surface area contributed by atoms with Crippen molar-refractivity contribution in [1.82, 2.24) is 19.1 Å². The highest BCUT2D eigenvalue weighted by Gasteiger charge is 2.39. The van der Waals surface area contributed by atoms with Gasteiger partial charge in [-0.2, -0.15) is 14.7 Å². The molecule has 1 aliphatic heterocycles. The smallest absolute Gasteiger partial charge is 0.268 e. The number of hydrogen-bond donors (Lipinski definition) is 0. The summed E-state index contributed by atoms with van der Waals surface area (Å²) < 4.78 is 60.2. The molecule has 0 bridgehead atoms. The molecule has 11 heteroatoms. The monoisotopic (exact) mass is 397 g/mol. The van der Waals surface area contributed by atoms with Crippen LogP contribution in [0.1, 0.15) is 29.7 Å². The molecule has 0 saturated carbocycles. The van der Waals surface area contributed by atoms with Crippen molar-refractivity contribution in [2.45, 2.75) is 30.9 Å². The van der Waals surface area contributed by atoms with Gasteiger partial charge in [0.25, 0.3) is 16.4 Å². The van der Waals surface area contributed by atoms with Gasteiger partial charge in [-0.15, -0.1) is 0 Å². The van der Waals surface area contributed by atoms with Crippen LogP contribution in [0.3, 0.4) is 0 Å². The summed E-state index contributed by atoms with van der Waals surface area (Å²) in [7, 11) is -2.82. The van der Waals surface area contributed by atoms with E-state index in [1.54, 1.807) is 6.07 Å². The number of aromatic nitrogens is 3. The summed E-state index contributed by atoms with van der Waals surface area (Å²) >= 11 is 0. The molecule has 1 unspecified atom stereocenters. The Kier molecular flexibility index (Phi) is 5.12. The molecule has 0 radical (unpaired) electrons. The molecule has 144 valence electrons. The second kappa shape index (κ2) is 7.21. The first-order valence-corrected chi connectivity index (χ1v) is 9.52. The largest absolute Gasteiger partial charge is 0.473 e. The highest BCUT2D eigenvalue weighted by atomic mass is 32.2. The molecule has 27 heavy (non-hydrogen) atoms. The molecular formula is C16H17F2N5O3S. The van der Waals surface area contributed by atoms with Crippen LogP contribution >= 0.6 is 0 Å². The Morgan fingerprint density at radius 3 is 2.74 bits per heavy atom. The van der Waals surface area contributed by atoms with Crippen LogP contribution in [-0.2, 0) is 17.1 Å². The van der Waals surface area contributed by atoms with E-state index in [9.17, 15) is 17.2 Å². The highest BCUT2D eigenvalue weighted by Crippen LogP contribution is 2.32. The number of nitriles is 1. The Morgan fingerprint density at radius 1 is 1.41 bits per heavy atom. The summed E-state index contributed by atoms with van der Waals surface area (Å²) in [6.45, 7) is 1.50. The fourth-order valence-electron chi connectivity index (χ4n) is 3.03. The zero-order valence-electron chi connectivity index (χ0n) is 14.6. The summed E-state index contributed by atoms with van der Waals surface area (Å²) in [6, 6.07) is 5.00. The third-order valence-electron chi connectivity index (χ3n) is 4.28. The van der Waals surface area contributed by atoms with Crippen LogP contribution in [0.5, 0.6) is 5.88 Å². The molecule has 1 atom stereocenters. The topological polar surface area (TPSA) is 101 Å². The van der Waals surface area contributed by atoms with E-state index in [2.05, 4.69) is 10.1 Å². The molecule has 0 N–H and O–H groups in total. The van der Waals surface area contributed by atoms with Gasteiger partial charge in [0.05, 0.1) is 23.4 Å². The van der Waals surface area contributed by atoms with Crippen LogP contribution in [0.15, 0.2) is 23.4 Å². The number of ether oxygens (including phenoxy) is 1. The third kappa shape index (κ3) is 3.63. The number of aryl methyl sites for hydroxylation is 2. The van der Waals surface area contributed by atoms with E-state index >= 15 is 0 Å². The number of pyridine rings is 1. The summed E-state index contributed by atoms with van der Waals surface area (Å²) in [5.74, 6) is 0.267. The van der Waals surface area contributed by atoms with Gasteiger partial charge in [-0.3, -0.25) is 4.68 Å². The van der Waals surface area contributed by atoms with Crippen molar-refractivity contribution in [2.75, 3.05) is 13.1 Å². The van der Waals surface area contributed by atoms with Crippen molar-refractivity contribution < 1.29 is 21.9 Å². The van der Waals surface area contributed by atoms with Gasteiger partial charge in [0.1, 0.15) is 12.2 Å². The van der Waals surface area contributed by atoms with E-state index < -0.39 is 33.1 Å². The van der Waals surface area contributed by atoms with E-state index in [1.807, 2.05) is 6.07 Å². The fourth-order valence-corrected chi connectivity index (χ4v) is 4.87. The number of halogens is 2. The number of rotatable bonds is 5. The van der Waals surface area contributed by atoms with Gasteiger partial charge in [0.2, 0.25) is 5.88 Å². The lowest BCUT2D eigenvalue weighted by Crippen LogP contribution is -2.33. The molecule has 0 aromatic carbocycles. The molecule has 2 aromatic rings. The number of hydrogen-bond acceptors (Lipinski definition) is 6. The standard InChI is InChI=1S/C16H17F2N5O3S/c1-10-14(15(17)18)16(22(2)21-10)27(24,25)23-6-5-12(9-23)26-13-4-3-11(7-19)8-20-13/h3-4,8,12,15H,5-6,9H2,1-2H3. The lowest BCUT2D eigenvalue weighted by atomic mass is 10.3. The van der Waals surface area contributed by atoms with Gasteiger partial charge in [0.15, 0.2) is 5.03 Å². The Hall–Kier alpha value is -2.58. The van der Waals surface area contributed by atoms with E-state index in [0.717, 1.165) is 8.99 Å². The lowest BCUT2D eigenvalue weighted by Gasteiger charge is -2.18. The van der Waals surface area contributed by atoms with E-state index in [1.165, 1.54) is 26.2 Å². The molecule has 3 rings (SSSR count). The van der Waals surface area contributed by atoms with Gasteiger partial charge in [0, 0.05) is 25.9 Å². The minimum atomic E-state index is -4.15. The van der Waals surface area contributed by atoms with Crippen LogP contribution in [0.4, 0.5) is 8.78 Å². The van der Waals surface area contributed by atoms with E-state index in [4.69, 9.17) is 10.00 Å². The Labute approximate surface area is 155 Å². The van der Waals surface area contributed by atoms with Crippen LogP contribution < -0.4 is 4.74 Å². The van der Waals surface area contributed by atoms with Gasteiger partial charge < -0.3 is 4.74 Å². The molecule has 0 spiro atoms. The van der Waals surface area contributed by atoms with Crippen molar-refractivity contribution in [3.8, 4) is 11.9 Å². The van der Waals surface area contributed by atoms with Crippen LogP contribution in [0, 0.1) is 18.3 Å². The summed E-state index contributed by atoms with van der Waals surface area (Å²) in [4.78, 5) is 3.99. The third-order valence-corrected chi connectivity index (χ3v) is 6.26. The second-order valence-electron chi connectivity index (χ2n) is 6.12. The maximum absolute atomic E-state index is 13.4. The van der Waals surface area contributed by atoms with Gasteiger partial charge in [-0.25, -0.2) is 22.2 Å². The Bertz CT molecular complexity index is 983. The quantitative estimate of drug-likeness (QED) is 0.762. The zero-order chi connectivity index (χ0) is 19.8. The molecule has 8 nitrogen and oxygen atoms in total. The average Bonchev–Trinajstić information content (AvgIpc) is 3.20. The molecule has 3 heterocycles. The van der Waals surface area contributed by atoms with Crippen LogP contribution in [0.2, 0.25) is 0 Å². The van der Waals surface area contributed by atoms with Gasteiger partial charge in [-0.1, -0.05) is 0 Å². The molecule has 1 saturated heterocycles. The van der Waals surface area contributed by atoms with Gasteiger partial charge >= 0.3 is 0 Å². The predicted molar refractivity (Wildman–Crippen MR) is 89.6 cm³/mol. The van der Waals surface area contributed by atoms with Crippen LogP contribution in [-0.4, -0.2) is 46.7 Å². The summed E-state index contributed by atoms with van der Waals surface area (Å²) in [5, 5.41) is 12.1. The van der Waals surface area contributed by atoms with Crippen LogP contribution in [0.25, 0.3) is 0 Å². The Morgan fingerprint density at radius 2 is 2.15 bits per heavy atom. The first-order chi connectivity index (χ1) is 12.7. The average molecular weight is 397 g/mol. The predicted octanol–water partition coefficient (Wildman–Crippen LogP) is 1.77. The SMILES string of the molecule is Cc1nn(C)c(S(=O)(=O)N2CCC(Oc3ccc(C#N)cn3)C2)c1C(F)F. The van der Waals surface area contributed by atoms with Crippen molar-refractivity contribution in [2.24, 2.45) is 7.05 Å². The first kappa shape index (κ1) is 19.2. The van der Waals surface area contributed by atoms with Gasteiger partial charge in [-0.05, 0) is 19.4 Å². The summed E-state index contributed by atoms with van der Waals surface area (Å²) in [6.07, 6.45) is -1.67. The Balaban J connectivity index is 1.79. The number of alkyl halides is 2. The molecule has 2 aromatic heterocycles. The fraction of sp³-hybridized carbons (Fsp3) is 0.438. The molecule has 1 aliphatic rings. The van der Waals surface area contributed by atoms with Crippen molar-refractivity contribution in [3.63, 3.8) is 0 Å². The van der Waals surface area contributed by atoms with E-state index in [0.29, 0.717) is 12.0 Å². The van der Waals surface area contributed by atoms with Crippen molar-refractivity contribution in [3.05, 3.63) is 35.2 Å². The normalized spacial score (nSPS) is 18.0. The second-order valence-corrected chi connectivity index (χ2v) is 7.97. The molecule has 1 fully saturated rings. The first-order valence-electron chi connectivity index (χ1n) is 8.08. The number of nitrogens with zero attached hydrogens (tertiary/aromatic N) is 5. The van der Waals surface area contributed by atoms with Crippen molar-refractivity contribution >= 4 is 10.0 Å². The minimum Gasteiger partial charge on any atom is -0.473 e. The molecule has 0 aliphatic carbocycles. The molecule has 0 amide bonds.